The smallest absolute Gasteiger partial charge is 0.248 e. The highest BCUT2D eigenvalue weighted by molar-refractivity contribution is 7.89. The Hall–Kier alpha value is -1.91. The number of nitrogens with one attached hydrogen (secondary N) is 1. The van der Waals surface area contributed by atoms with Gasteiger partial charge in [0.2, 0.25) is 15.9 Å². The molecule has 0 fully saturated rings. The molecule has 0 spiro atoms. The first-order valence-electron chi connectivity index (χ1n) is 4.24. The average Bonchev–Trinajstić information content (AvgIpc) is 2.26. The third-order valence-electron chi connectivity index (χ3n) is 1.79. The second kappa shape index (κ2) is 4.74. The van der Waals surface area contributed by atoms with Crippen LogP contribution in [0.5, 0.6) is 0 Å². The SMILES string of the molecule is N#CCNS(=O)(=O)c1ccc(C(N)=O)cc1. The van der Waals surface area contributed by atoms with Gasteiger partial charge in [0.05, 0.1) is 17.5 Å². The highest BCUT2D eigenvalue weighted by Crippen LogP contribution is 2.09. The molecule has 0 aliphatic heterocycles. The molecule has 0 bridgehead atoms. The number of carbonyl (C=O) groups excluding carboxylic acids is 1. The van der Waals surface area contributed by atoms with Crippen LogP contribution >= 0.6 is 0 Å². The first-order valence-corrected chi connectivity index (χ1v) is 5.72. The van der Waals surface area contributed by atoms with Crippen molar-refractivity contribution in [2.24, 2.45) is 5.73 Å². The highest BCUT2D eigenvalue weighted by Gasteiger charge is 2.13. The molecular weight excluding hydrogens is 230 g/mol. The Bertz CT molecular complexity index is 528. The van der Waals surface area contributed by atoms with Crippen molar-refractivity contribution in [2.45, 2.75) is 4.90 Å². The van der Waals surface area contributed by atoms with Crippen LogP contribution in [-0.2, 0) is 10.0 Å². The number of amides is 1. The van der Waals surface area contributed by atoms with E-state index in [1.807, 2.05) is 0 Å². The van der Waals surface area contributed by atoms with Gasteiger partial charge in [0.15, 0.2) is 0 Å². The van der Waals surface area contributed by atoms with E-state index in [9.17, 15) is 13.2 Å². The molecule has 1 rings (SSSR count). The number of primary amides is 1. The second-order valence-electron chi connectivity index (χ2n) is 2.87. The summed E-state index contributed by atoms with van der Waals surface area (Å²) in [5, 5.41) is 8.26. The summed E-state index contributed by atoms with van der Waals surface area (Å²) in [6.45, 7) is -0.306. The van der Waals surface area contributed by atoms with Gasteiger partial charge in [-0.15, -0.1) is 0 Å². The third-order valence-corrected chi connectivity index (χ3v) is 3.21. The zero-order valence-electron chi connectivity index (χ0n) is 8.17. The fourth-order valence-corrected chi connectivity index (χ4v) is 1.92. The number of hydrogen-bond donors (Lipinski definition) is 2. The summed E-state index contributed by atoms with van der Waals surface area (Å²) in [4.78, 5) is 10.7. The van der Waals surface area contributed by atoms with Gasteiger partial charge in [0, 0.05) is 5.56 Å². The van der Waals surface area contributed by atoms with Gasteiger partial charge in [-0.3, -0.25) is 4.79 Å². The lowest BCUT2D eigenvalue weighted by Gasteiger charge is -2.03. The van der Waals surface area contributed by atoms with E-state index in [-0.39, 0.29) is 17.0 Å². The maximum Gasteiger partial charge on any atom is 0.248 e. The predicted octanol–water partition coefficient (Wildman–Crippen LogP) is -0.413. The molecule has 0 atom stereocenters. The number of nitrogens with two attached hydrogens (primary N) is 1. The molecule has 0 aromatic heterocycles. The number of nitrogens with zero attached hydrogens (tertiary/aromatic N) is 1. The standard InChI is InChI=1S/C9H9N3O3S/c10-5-6-12-16(14,15)8-3-1-7(2-4-8)9(11)13/h1-4,12H,6H2,(H2,11,13). The van der Waals surface area contributed by atoms with Gasteiger partial charge in [-0.2, -0.15) is 9.98 Å². The minimum atomic E-state index is -3.69. The van der Waals surface area contributed by atoms with Crippen molar-refractivity contribution >= 4 is 15.9 Å². The maximum absolute atomic E-state index is 11.5. The van der Waals surface area contributed by atoms with E-state index < -0.39 is 15.9 Å². The van der Waals surface area contributed by atoms with Crippen molar-refractivity contribution in [2.75, 3.05) is 6.54 Å². The predicted molar refractivity (Wildman–Crippen MR) is 55.8 cm³/mol. The number of hydrogen-bond acceptors (Lipinski definition) is 4. The Kier molecular flexibility index (Phi) is 3.60. The number of sulfonamides is 1. The van der Waals surface area contributed by atoms with E-state index in [0.717, 1.165) is 0 Å². The Morgan fingerprint density at radius 3 is 2.38 bits per heavy atom. The summed E-state index contributed by atoms with van der Waals surface area (Å²) >= 11 is 0. The molecule has 1 aromatic rings. The highest BCUT2D eigenvalue weighted by atomic mass is 32.2. The molecule has 6 nitrogen and oxygen atoms in total. The summed E-state index contributed by atoms with van der Waals surface area (Å²) in [7, 11) is -3.69. The van der Waals surface area contributed by atoms with Crippen molar-refractivity contribution in [1.29, 1.82) is 5.26 Å². The van der Waals surface area contributed by atoms with Gasteiger partial charge in [-0.05, 0) is 24.3 Å². The largest absolute Gasteiger partial charge is 0.366 e. The molecule has 0 saturated heterocycles. The van der Waals surface area contributed by atoms with Gasteiger partial charge in [0.1, 0.15) is 0 Å². The van der Waals surface area contributed by atoms with E-state index in [2.05, 4.69) is 4.72 Å². The molecule has 0 saturated carbocycles. The summed E-state index contributed by atoms with van der Waals surface area (Å²) in [6, 6.07) is 6.78. The van der Waals surface area contributed by atoms with E-state index in [1.165, 1.54) is 24.3 Å². The van der Waals surface area contributed by atoms with Crippen LogP contribution in [0, 0.1) is 11.3 Å². The van der Waals surface area contributed by atoms with Crippen LogP contribution in [0.2, 0.25) is 0 Å². The van der Waals surface area contributed by atoms with Crippen LogP contribution < -0.4 is 10.5 Å². The summed E-state index contributed by atoms with van der Waals surface area (Å²) < 4.78 is 25.1. The number of rotatable bonds is 4. The Morgan fingerprint density at radius 2 is 1.94 bits per heavy atom. The van der Waals surface area contributed by atoms with Crippen LogP contribution in [0.1, 0.15) is 10.4 Å². The lowest BCUT2D eigenvalue weighted by atomic mass is 10.2. The Balaban J connectivity index is 2.98. The van der Waals surface area contributed by atoms with Gasteiger partial charge in [-0.25, -0.2) is 8.42 Å². The summed E-state index contributed by atoms with van der Waals surface area (Å²) in [6.07, 6.45) is 0. The van der Waals surface area contributed by atoms with Crippen molar-refractivity contribution in [3.63, 3.8) is 0 Å². The third kappa shape index (κ3) is 2.79. The minimum absolute atomic E-state index is 0.0206. The van der Waals surface area contributed by atoms with E-state index in [4.69, 9.17) is 11.0 Å². The molecule has 1 aromatic carbocycles. The lowest BCUT2D eigenvalue weighted by Crippen LogP contribution is -2.24. The van der Waals surface area contributed by atoms with Crippen LogP contribution in [0.4, 0.5) is 0 Å². The second-order valence-corrected chi connectivity index (χ2v) is 4.64. The molecule has 84 valence electrons. The average molecular weight is 239 g/mol. The zero-order chi connectivity index (χ0) is 12.2. The molecular formula is C9H9N3O3S. The van der Waals surface area contributed by atoms with E-state index in [1.54, 1.807) is 6.07 Å². The molecule has 16 heavy (non-hydrogen) atoms. The van der Waals surface area contributed by atoms with Crippen LogP contribution in [0.25, 0.3) is 0 Å². The first kappa shape index (κ1) is 12.2. The molecule has 7 heteroatoms. The van der Waals surface area contributed by atoms with Crippen molar-refractivity contribution in [3.05, 3.63) is 29.8 Å². The van der Waals surface area contributed by atoms with Crippen molar-refractivity contribution in [3.8, 4) is 6.07 Å². The summed E-state index contributed by atoms with van der Waals surface area (Å²) in [5.41, 5.74) is 5.23. The minimum Gasteiger partial charge on any atom is -0.366 e. The maximum atomic E-state index is 11.5. The van der Waals surface area contributed by atoms with Crippen LogP contribution in [0.15, 0.2) is 29.2 Å². The van der Waals surface area contributed by atoms with E-state index in [0.29, 0.717) is 0 Å². The monoisotopic (exact) mass is 239 g/mol. The van der Waals surface area contributed by atoms with Gasteiger partial charge >= 0.3 is 0 Å². The van der Waals surface area contributed by atoms with Crippen LogP contribution in [0.3, 0.4) is 0 Å². The zero-order valence-corrected chi connectivity index (χ0v) is 8.99. The molecule has 0 heterocycles. The van der Waals surface area contributed by atoms with Crippen molar-refractivity contribution in [1.82, 2.24) is 4.72 Å². The Labute approximate surface area is 92.7 Å². The van der Waals surface area contributed by atoms with E-state index >= 15 is 0 Å². The quantitative estimate of drug-likeness (QED) is 0.695. The fourth-order valence-electron chi connectivity index (χ4n) is 1.01. The lowest BCUT2D eigenvalue weighted by molar-refractivity contribution is 0.1000. The molecule has 1 amide bonds. The summed E-state index contributed by atoms with van der Waals surface area (Å²) in [5.74, 6) is -0.631. The van der Waals surface area contributed by atoms with Gasteiger partial charge < -0.3 is 5.73 Å². The number of nitriles is 1. The topological polar surface area (TPSA) is 113 Å². The molecule has 0 aliphatic rings. The molecule has 3 N–H and O–H groups in total. The first-order chi connectivity index (χ1) is 7.47. The van der Waals surface area contributed by atoms with Gasteiger partial charge in [-0.1, -0.05) is 0 Å². The number of carbonyl (C=O) groups is 1. The number of benzene rings is 1. The molecule has 0 aliphatic carbocycles. The van der Waals surface area contributed by atoms with Crippen LogP contribution in [-0.4, -0.2) is 20.9 Å². The van der Waals surface area contributed by atoms with Crippen molar-refractivity contribution < 1.29 is 13.2 Å². The normalized spacial score (nSPS) is 10.7. The molecule has 0 radical (unpaired) electrons. The fraction of sp³-hybridized carbons (Fsp3) is 0.111. The Morgan fingerprint density at radius 1 is 1.38 bits per heavy atom. The molecule has 0 unspecified atom stereocenters. The van der Waals surface area contributed by atoms with Gasteiger partial charge in [0.25, 0.3) is 0 Å².